The lowest BCUT2D eigenvalue weighted by molar-refractivity contribution is -0.122. The summed E-state index contributed by atoms with van der Waals surface area (Å²) < 4.78 is 37.2. The maximum atomic E-state index is 12.5. The number of nitrogens with zero attached hydrogens (tertiary/aromatic N) is 1. The van der Waals surface area contributed by atoms with E-state index in [0.717, 1.165) is 0 Å². The summed E-state index contributed by atoms with van der Waals surface area (Å²) in [5.74, 6) is -1.26. The van der Waals surface area contributed by atoms with Crippen LogP contribution >= 0.6 is 0 Å². The Hall–Kier alpha value is -2.88. The molecule has 0 radical (unpaired) electrons. The highest BCUT2D eigenvalue weighted by molar-refractivity contribution is 7.90. The van der Waals surface area contributed by atoms with Gasteiger partial charge in [-0.05, 0) is 32.4 Å². The van der Waals surface area contributed by atoms with E-state index in [4.69, 9.17) is 9.26 Å². The minimum atomic E-state index is -4.17. The minimum absolute atomic E-state index is 0.140. The highest BCUT2D eigenvalue weighted by Gasteiger charge is 2.29. The number of carbonyl (C=O) groups excluding carboxylic acids is 2. The quantitative estimate of drug-likeness (QED) is 0.834. The molecule has 10 heteroatoms. The van der Waals surface area contributed by atoms with Crippen molar-refractivity contribution in [1.82, 2.24) is 9.88 Å². The van der Waals surface area contributed by atoms with Gasteiger partial charge >= 0.3 is 5.91 Å². The van der Waals surface area contributed by atoms with Crippen LogP contribution in [0.5, 0.6) is 5.75 Å². The number of sulfonamides is 1. The molecule has 0 spiro atoms. The molecule has 0 fully saturated rings. The third kappa shape index (κ3) is 3.20. The largest absolute Gasteiger partial charge is 0.479 e. The molecule has 2 N–H and O–H groups in total. The maximum absolute atomic E-state index is 12.5. The van der Waals surface area contributed by atoms with Crippen LogP contribution in [0.2, 0.25) is 0 Å². The molecular formula is C15H15N3O6S. The molecule has 0 aliphatic carbocycles. The Morgan fingerprint density at radius 1 is 1.28 bits per heavy atom. The number of benzene rings is 1. The summed E-state index contributed by atoms with van der Waals surface area (Å²) in [6, 6.07) is 4.06. The van der Waals surface area contributed by atoms with E-state index in [0.29, 0.717) is 16.9 Å². The van der Waals surface area contributed by atoms with Crippen LogP contribution in [0.1, 0.15) is 28.7 Å². The van der Waals surface area contributed by atoms with Crippen LogP contribution in [0.3, 0.4) is 0 Å². The number of hydrogen-bond acceptors (Lipinski definition) is 7. The second-order valence-electron chi connectivity index (χ2n) is 5.63. The molecule has 0 saturated heterocycles. The highest BCUT2D eigenvalue weighted by atomic mass is 32.2. The van der Waals surface area contributed by atoms with Crippen molar-refractivity contribution < 1.29 is 27.3 Å². The van der Waals surface area contributed by atoms with Crippen LogP contribution in [-0.4, -0.2) is 31.5 Å². The zero-order valence-corrected chi connectivity index (χ0v) is 14.4. The highest BCUT2D eigenvalue weighted by Crippen LogP contribution is 2.34. The lowest BCUT2D eigenvalue weighted by atomic mass is 10.1. The van der Waals surface area contributed by atoms with Crippen LogP contribution in [0, 0.1) is 13.8 Å². The van der Waals surface area contributed by atoms with Crippen LogP contribution in [0.4, 0.5) is 5.69 Å². The molecular weight excluding hydrogens is 350 g/mol. The summed E-state index contributed by atoms with van der Waals surface area (Å²) in [6.45, 7) is 4.69. The van der Waals surface area contributed by atoms with Gasteiger partial charge in [0, 0.05) is 12.1 Å². The van der Waals surface area contributed by atoms with Crippen molar-refractivity contribution in [2.24, 2.45) is 0 Å². The van der Waals surface area contributed by atoms with Crippen molar-refractivity contribution >= 4 is 27.5 Å². The third-order valence-corrected chi connectivity index (χ3v) is 5.05. The Bertz CT molecular complexity index is 979. The number of aromatic nitrogens is 1. The number of anilines is 1. The monoisotopic (exact) mass is 365 g/mol. The van der Waals surface area contributed by atoms with E-state index in [2.05, 4.69) is 10.5 Å². The average molecular weight is 365 g/mol. The first-order valence-corrected chi connectivity index (χ1v) is 8.78. The van der Waals surface area contributed by atoms with Crippen molar-refractivity contribution in [1.29, 1.82) is 0 Å². The molecule has 0 bridgehead atoms. The van der Waals surface area contributed by atoms with Crippen LogP contribution < -0.4 is 14.8 Å². The molecule has 0 unspecified atom stereocenters. The van der Waals surface area contributed by atoms with E-state index in [9.17, 15) is 18.0 Å². The number of ether oxygens (including phenoxy) is 1. The molecule has 0 saturated carbocycles. The fourth-order valence-electron chi connectivity index (χ4n) is 2.33. The molecule has 1 aliphatic rings. The molecule has 1 atom stereocenters. The second-order valence-corrected chi connectivity index (χ2v) is 7.28. The fraction of sp³-hybridized carbons (Fsp3) is 0.267. The summed E-state index contributed by atoms with van der Waals surface area (Å²) in [5.41, 5.74) is 1.16. The van der Waals surface area contributed by atoms with E-state index in [1.807, 2.05) is 4.72 Å². The Morgan fingerprint density at radius 3 is 2.64 bits per heavy atom. The number of fused-ring (bicyclic) bond motifs is 1. The van der Waals surface area contributed by atoms with Crippen LogP contribution in [0.15, 0.2) is 27.6 Å². The van der Waals surface area contributed by atoms with Crippen LogP contribution in [-0.2, 0) is 14.8 Å². The number of aryl methyl sites for hydroxylation is 2. The summed E-state index contributed by atoms with van der Waals surface area (Å²) >= 11 is 0. The Kier molecular flexibility index (Phi) is 3.99. The predicted octanol–water partition coefficient (Wildman–Crippen LogP) is 1.13. The molecule has 132 valence electrons. The summed E-state index contributed by atoms with van der Waals surface area (Å²) in [5, 5.41) is 6.17. The Morgan fingerprint density at radius 2 is 2.00 bits per heavy atom. The topological polar surface area (TPSA) is 128 Å². The molecule has 2 aromatic rings. The van der Waals surface area contributed by atoms with Gasteiger partial charge in [0.15, 0.2) is 6.10 Å². The first-order chi connectivity index (χ1) is 11.7. The van der Waals surface area contributed by atoms with Crippen molar-refractivity contribution in [3.8, 4) is 5.75 Å². The normalized spacial score (nSPS) is 16.6. The molecule has 1 aromatic carbocycles. The molecule has 1 aliphatic heterocycles. The van der Waals surface area contributed by atoms with Gasteiger partial charge < -0.3 is 14.6 Å². The van der Waals surface area contributed by atoms with E-state index >= 15 is 0 Å². The second kappa shape index (κ2) is 5.88. The Balaban J connectivity index is 1.93. The van der Waals surface area contributed by atoms with Crippen molar-refractivity contribution in [2.75, 3.05) is 5.32 Å². The summed E-state index contributed by atoms with van der Waals surface area (Å²) in [4.78, 5) is 23.5. The van der Waals surface area contributed by atoms with E-state index in [1.165, 1.54) is 18.2 Å². The smallest absolute Gasteiger partial charge is 0.303 e. The number of nitrogens with one attached hydrogen (secondary N) is 2. The number of carbonyl (C=O) groups is 2. The average Bonchev–Trinajstić information content (AvgIpc) is 2.94. The van der Waals surface area contributed by atoms with Crippen molar-refractivity contribution in [3.63, 3.8) is 0 Å². The molecule has 9 nitrogen and oxygen atoms in total. The van der Waals surface area contributed by atoms with E-state index in [-0.39, 0.29) is 22.3 Å². The predicted molar refractivity (Wildman–Crippen MR) is 85.8 cm³/mol. The summed E-state index contributed by atoms with van der Waals surface area (Å²) in [7, 11) is -4.17. The zero-order valence-electron chi connectivity index (χ0n) is 13.6. The third-order valence-electron chi connectivity index (χ3n) is 3.58. The zero-order chi connectivity index (χ0) is 18.4. The minimum Gasteiger partial charge on any atom is -0.479 e. The lowest BCUT2D eigenvalue weighted by Crippen LogP contribution is -2.35. The van der Waals surface area contributed by atoms with Gasteiger partial charge in [-0.2, -0.15) is 0 Å². The standard InChI is InChI=1S/C15H15N3O6S/c1-7-4-10-11(23-9(3)14(19)16-10)6-13(7)25(21,22)18-15(20)12-5-8(2)17-24-12/h4-6,9H,1-3H3,(H,16,19)(H,18,20)/t9-/m0/s1. The summed E-state index contributed by atoms with van der Waals surface area (Å²) in [6.07, 6.45) is -0.752. The molecule has 25 heavy (non-hydrogen) atoms. The van der Waals surface area contributed by atoms with Crippen molar-refractivity contribution in [3.05, 3.63) is 35.2 Å². The first kappa shape index (κ1) is 17.0. The maximum Gasteiger partial charge on any atom is 0.303 e. The SMILES string of the molecule is Cc1cc(C(=O)NS(=O)(=O)c2cc3c(cc2C)NC(=O)[C@H](C)O3)on1. The van der Waals surface area contributed by atoms with Gasteiger partial charge in [-0.3, -0.25) is 9.59 Å². The fourth-order valence-corrected chi connectivity index (χ4v) is 3.53. The van der Waals surface area contributed by atoms with Gasteiger partial charge in [-0.1, -0.05) is 5.16 Å². The van der Waals surface area contributed by atoms with Gasteiger partial charge in [0.2, 0.25) is 5.76 Å². The van der Waals surface area contributed by atoms with Gasteiger partial charge in [-0.25, -0.2) is 13.1 Å². The first-order valence-electron chi connectivity index (χ1n) is 7.30. The van der Waals surface area contributed by atoms with Gasteiger partial charge in [-0.15, -0.1) is 0 Å². The molecule has 1 aromatic heterocycles. The number of hydrogen-bond donors (Lipinski definition) is 2. The van der Waals surface area contributed by atoms with E-state index in [1.54, 1.807) is 20.8 Å². The van der Waals surface area contributed by atoms with Crippen LogP contribution in [0.25, 0.3) is 0 Å². The lowest BCUT2D eigenvalue weighted by Gasteiger charge is -2.24. The Labute approximate surface area is 143 Å². The molecule has 3 rings (SSSR count). The van der Waals surface area contributed by atoms with Gasteiger partial charge in [0.1, 0.15) is 5.75 Å². The molecule has 2 amide bonds. The van der Waals surface area contributed by atoms with Gasteiger partial charge in [0.05, 0.1) is 16.3 Å². The van der Waals surface area contributed by atoms with E-state index < -0.39 is 22.0 Å². The van der Waals surface area contributed by atoms with Gasteiger partial charge in [0.25, 0.3) is 15.9 Å². The number of rotatable bonds is 3. The van der Waals surface area contributed by atoms with Crippen molar-refractivity contribution in [2.45, 2.75) is 31.8 Å². The number of amides is 2. The molecule has 2 heterocycles.